The van der Waals surface area contributed by atoms with E-state index in [1.807, 2.05) is 12.1 Å². The van der Waals surface area contributed by atoms with Crippen LogP contribution in [-0.2, 0) is 6.54 Å². The van der Waals surface area contributed by atoms with Crippen molar-refractivity contribution in [1.29, 1.82) is 0 Å². The summed E-state index contributed by atoms with van der Waals surface area (Å²) < 4.78 is 1.03. The fourth-order valence-electron chi connectivity index (χ4n) is 2.38. The Morgan fingerprint density at radius 3 is 2.84 bits per heavy atom. The molecule has 0 atom stereocenters. The number of nitrogens with one attached hydrogen (secondary N) is 1. The van der Waals surface area contributed by atoms with Crippen LogP contribution in [0.2, 0.25) is 5.15 Å². The van der Waals surface area contributed by atoms with Gasteiger partial charge in [-0.3, -0.25) is 4.90 Å². The van der Waals surface area contributed by atoms with E-state index >= 15 is 0 Å². The molecule has 2 heterocycles. The predicted octanol–water partition coefficient (Wildman–Crippen LogP) is 3.06. The van der Waals surface area contributed by atoms with E-state index in [1.165, 1.54) is 0 Å². The lowest BCUT2D eigenvalue weighted by Crippen LogP contribution is -2.42. The lowest BCUT2D eigenvalue weighted by atomic mass is 10.1. The first-order valence-corrected chi connectivity index (χ1v) is 7.57. The Morgan fingerprint density at radius 2 is 2.05 bits per heavy atom. The zero-order valence-corrected chi connectivity index (χ0v) is 12.8. The lowest BCUT2D eigenvalue weighted by molar-refractivity contribution is 0.233. The molecule has 1 aliphatic heterocycles. The maximum Gasteiger partial charge on any atom is 0.134 e. The van der Waals surface area contributed by atoms with Crippen molar-refractivity contribution in [1.82, 2.24) is 15.2 Å². The molecular weight excluding hydrogens is 326 g/mol. The van der Waals surface area contributed by atoms with Crippen molar-refractivity contribution >= 4 is 38.4 Å². The molecule has 3 nitrogen and oxygen atoms in total. The van der Waals surface area contributed by atoms with E-state index < -0.39 is 0 Å². The first-order valence-electron chi connectivity index (χ1n) is 6.40. The Labute approximate surface area is 126 Å². The number of benzene rings is 1. The minimum atomic E-state index is 0.615. The molecule has 0 saturated carbocycles. The van der Waals surface area contributed by atoms with Gasteiger partial charge in [0.1, 0.15) is 5.15 Å². The monoisotopic (exact) mass is 339 g/mol. The van der Waals surface area contributed by atoms with E-state index in [1.54, 1.807) is 0 Å². The average Bonchev–Trinajstić information content (AvgIpc) is 2.41. The molecule has 3 rings (SSSR count). The van der Waals surface area contributed by atoms with Crippen molar-refractivity contribution < 1.29 is 0 Å². The Kier molecular flexibility index (Phi) is 4.03. The third-order valence-electron chi connectivity index (χ3n) is 3.41. The first-order chi connectivity index (χ1) is 9.22. The number of aromatic nitrogens is 1. The quantitative estimate of drug-likeness (QED) is 0.852. The van der Waals surface area contributed by atoms with Gasteiger partial charge in [-0.15, -0.1) is 0 Å². The van der Waals surface area contributed by atoms with Gasteiger partial charge in [0.2, 0.25) is 0 Å². The van der Waals surface area contributed by atoms with Crippen LogP contribution in [0.1, 0.15) is 5.56 Å². The van der Waals surface area contributed by atoms with Crippen LogP contribution >= 0.6 is 27.5 Å². The van der Waals surface area contributed by atoms with E-state index in [9.17, 15) is 0 Å². The van der Waals surface area contributed by atoms with Crippen LogP contribution < -0.4 is 5.32 Å². The van der Waals surface area contributed by atoms with Gasteiger partial charge in [-0.2, -0.15) is 0 Å². The van der Waals surface area contributed by atoms with Crippen LogP contribution in [0.15, 0.2) is 28.7 Å². The molecular formula is C14H15BrClN3. The number of fused-ring (bicyclic) bond motifs is 1. The highest BCUT2D eigenvalue weighted by molar-refractivity contribution is 9.10. The number of hydrogen-bond acceptors (Lipinski definition) is 3. The van der Waals surface area contributed by atoms with Gasteiger partial charge >= 0.3 is 0 Å². The van der Waals surface area contributed by atoms with Crippen molar-refractivity contribution in [3.8, 4) is 0 Å². The summed E-state index contributed by atoms with van der Waals surface area (Å²) in [6.07, 6.45) is 0. The predicted molar refractivity (Wildman–Crippen MR) is 82.6 cm³/mol. The zero-order chi connectivity index (χ0) is 13.2. The second-order valence-corrected chi connectivity index (χ2v) is 6.08. The molecule has 0 radical (unpaired) electrons. The Morgan fingerprint density at radius 1 is 1.26 bits per heavy atom. The van der Waals surface area contributed by atoms with Gasteiger partial charge in [-0.25, -0.2) is 4.98 Å². The van der Waals surface area contributed by atoms with Crippen LogP contribution in [0.3, 0.4) is 0 Å². The van der Waals surface area contributed by atoms with Gasteiger partial charge in [-0.05, 0) is 18.2 Å². The lowest BCUT2D eigenvalue weighted by Gasteiger charge is -2.27. The molecule has 100 valence electrons. The standard InChI is InChI=1S/C14H15BrClN3/c15-12-2-1-10-7-11(14(16)18-13(10)8-12)9-19-5-3-17-4-6-19/h1-2,7-8,17H,3-6,9H2. The van der Waals surface area contributed by atoms with E-state index in [0.717, 1.165) is 53.7 Å². The SMILES string of the molecule is Clc1nc2cc(Br)ccc2cc1CN1CCNCC1. The summed E-state index contributed by atoms with van der Waals surface area (Å²) in [5.41, 5.74) is 2.04. The minimum Gasteiger partial charge on any atom is -0.314 e. The van der Waals surface area contributed by atoms with Crippen LogP contribution in [-0.4, -0.2) is 36.1 Å². The highest BCUT2D eigenvalue weighted by atomic mass is 79.9. The normalized spacial score (nSPS) is 16.9. The van der Waals surface area contributed by atoms with Crippen molar-refractivity contribution in [2.75, 3.05) is 26.2 Å². The fraction of sp³-hybridized carbons (Fsp3) is 0.357. The van der Waals surface area contributed by atoms with Gasteiger partial charge < -0.3 is 5.32 Å². The van der Waals surface area contributed by atoms with Gasteiger partial charge in [0.15, 0.2) is 0 Å². The van der Waals surface area contributed by atoms with Gasteiger partial charge in [0.25, 0.3) is 0 Å². The van der Waals surface area contributed by atoms with Crippen molar-refractivity contribution in [2.45, 2.75) is 6.54 Å². The molecule has 1 aromatic heterocycles. The van der Waals surface area contributed by atoms with Crippen LogP contribution in [0, 0.1) is 0 Å². The molecule has 1 fully saturated rings. The summed E-state index contributed by atoms with van der Waals surface area (Å²) in [5.74, 6) is 0. The molecule has 1 aliphatic rings. The molecule has 1 saturated heterocycles. The smallest absolute Gasteiger partial charge is 0.134 e. The molecule has 0 amide bonds. The molecule has 1 N–H and O–H groups in total. The molecule has 1 aromatic carbocycles. The molecule has 0 spiro atoms. The van der Waals surface area contributed by atoms with Crippen molar-refractivity contribution in [2.24, 2.45) is 0 Å². The summed E-state index contributed by atoms with van der Waals surface area (Å²) in [6.45, 7) is 5.10. The molecule has 5 heteroatoms. The summed E-state index contributed by atoms with van der Waals surface area (Å²) in [5, 5.41) is 5.11. The van der Waals surface area contributed by atoms with Gasteiger partial charge in [-0.1, -0.05) is 33.6 Å². The number of pyridine rings is 1. The Bertz CT molecular complexity index is 597. The van der Waals surface area contributed by atoms with Crippen molar-refractivity contribution in [3.05, 3.63) is 39.5 Å². The second-order valence-electron chi connectivity index (χ2n) is 4.80. The molecule has 19 heavy (non-hydrogen) atoms. The second kappa shape index (κ2) is 5.75. The number of nitrogens with zero attached hydrogens (tertiary/aromatic N) is 2. The van der Waals surface area contributed by atoms with E-state index in [0.29, 0.717) is 5.15 Å². The molecule has 0 unspecified atom stereocenters. The summed E-state index contributed by atoms with van der Waals surface area (Å²) in [4.78, 5) is 6.90. The van der Waals surface area contributed by atoms with Crippen LogP contribution in [0.4, 0.5) is 0 Å². The molecule has 0 bridgehead atoms. The van der Waals surface area contributed by atoms with Gasteiger partial charge in [0, 0.05) is 48.1 Å². The highest BCUT2D eigenvalue weighted by Crippen LogP contribution is 2.24. The third kappa shape index (κ3) is 3.08. The summed E-state index contributed by atoms with van der Waals surface area (Å²) in [7, 11) is 0. The topological polar surface area (TPSA) is 28.2 Å². The average molecular weight is 341 g/mol. The van der Waals surface area contributed by atoms with Crippen LogP contribution in [0.5, 0.6) is 0 Å². The number of halogens is 2. The first kappa shape index (κ1) is 13.3. The Hall–Kier alpha value is -0.680. The number of rotatable bonds is 2. The fourth-order valence-corrected chi connectivity index (χ4v) is 2.94. The van der Waals surface area contributed by atoms with E-state index in [-0.39, 0.29) is 0 Å². The number of piperazine rings is 1. The molecule has 2 aromatic rings. The number of hydrogen-bond donors (Lipinski definition) is 1. The summed E-state index contributed by atoms with van der Waals surface area (Å²) in [6, 6.07) is 8.26. The van der Waals surface area contributed by atoms with Gasteiger partial charge in [0.05, 0.1) is 5.52 Å². The van der Waals surface area contributed by atoms with E-state index in [4.69, 9.17) is 11.6 Å². The summed E-state index contributed by atoms with van der Waals surface area (Å²) >= 11 is 9.76. The molecule has 0 aliphatic carbocycles. The maximum absolute atomic E-state index is 6.31. The van der Waals surface area contributed by atoms with E-state index in [2.05, 4.69) is 43.3 Å². The largest absolute Gasteiger partial charge is 0.314 e. The van der Waals surface area contributed by atoms with Crippen molar-refractivity contribution in [3.63, 3.8) is 0 Å². The third-order valence-corrected chi connectivity index (χ3v) is 4.23. The van der Waals surface area contributed by atoms with Crippen LogP contribution in [0.25, 0.3) is 10.9 Å². The maximum atomic E-state index is 6.31. The minimum absolute atomic E-state index is 0.615. The highest BCUT2D eigenvalue weighted by Gasteiger charge is 2.13. The zero-order valence-electron chi connectivity index (χ0n) is 10.5. The Balaban J connectivity index is 1.90.